The van der Waals surface area contributed by atoms with Crippen LogP contribution in [-0.2, 0) is 9.59 Å². The molecule has 0 saturated heterocycles. The maximum Gasteiger partial charge on any atom is 0.148 e. The van der Waals surface area contributed by atoms with Gasteiger partial charge in [-0.3, -0.25) is 9.59 Å². The van der Waals surface area contributed by atoms with E-state index in [-0.39, 0.29) is 17.0 Å². The molecule has 102 valence electrons. The predicted octanol–water partition coefficient (Wildman–Crippen LogP) is 3.65. The average Bonchev–Trinajstić information content (AvgIpc) is 2.18. The van der Waals surface area contributed by atoms with Crippen LogP contribution >= 0.6 is 0 Å². The van der Waals surface area contributed by atoms with Crippen LogP contribution in [0.2, 0.25) is 0 Å². The lowest BCUT2D eigenvalue weighted by Crippen LogP contribution is -2.36. The fraction of sp³-hybridized carbons (Fsp3) is 0.529. The van der Waals surface area contributed by atoms with Crippen molar-refractivity contribution in [3.05, 3.63) is 34.4 Å². The van der Waals surface area contributed by atoms with Crippen LogP contribution in [0.3, 0.4) is 0 Å². The lowest BCUT2D eigenvalue weighted by atomic mass is 9.68. The second-order valence-corrected chi connectivity index (χ2v) is 6.70. The number of carbonyl (C=O) groups excluding carboxylic acids is 2. The van der Waals surface area contributed by atoms with Crippen LogP contribution in [0, 0.1) is 26.2 Å². The molecule has 0 spiro atoms. The zero-order valence-electron chi connectivity index (χ0n) is 12.5. The van der Waals surface area contributed by atoms with Gasteiger partial charge in [-0.05, 0) is 42.9 Å². The summed E-state index contributed by atoms with van der Waals surface area (Å²) in [6, 6.07) is 4.12. The van der Waals surface area contributed by atoms with E-state index >= 15 is 0 Å². The van der Waals surface area contributed by atoms with E-state index in [9.17, 15) is 9.59 Å². The molecule has 0 N–H and O–H groups in total. The van der Waals surface area contributed by atoms with E-state index in [4.69, 9.17) is 0 Å². The molecule has 2 rings (SSSR count). The van der Waals surface area contributed by atoms with Crippen LogP contribution < -0.4 is 0 Å². The first kappa shape index (κ1) is 14.0. The molecule has 0 unspecified atom stereocenters. The zero-order chi connectivity index (χ0) is 14.4. The highest BCUT2D eigenvalue weighted by Crippen LogP contribution is 2.39. The van der Waals surface area contributed by atoms with Crippen molar-refractivity contribution in [1.82, 2.24) is 0 Å². The van der Waals surface area contributed by atoms with Crippen LogP contribution in [0.15, 0.2) is 12.1 Å². The minimum Gasteiger partial charge on any atom is -0.299 e. The van der Waals surface area contributed by atoms with Gasteiger partial charge in [0.25, 0.3) is 0 Å². The van der Waals surface area contributed by atoms with E-state index in [1.54, 1.807) is 0 Å². The Morgan fingerprint density at radius 3 is 1.79 bits per heavy atom. The van der Waals surface area contributed by atoms with E-state index < -0.39 is 5.92 Å². The SMILES string of the molecule is Cc1cc(C)c(C2C(=O)CC(C)(C)CC2=O)c(C)c1. The Morgan fingerprint density at radius 1 is 0.947 bits per heavy atom. The maximum absolute atomic E-state index is 12.4. The molecule has 1 aromatic rings. The van der Waals surface area contributed by atoms with Crippen LogP contribution in [-0.4, -0.2) is 11.6 Å². The number of aryl methyl sites for hydroxylation is 3. The van der Waals surface area contributed by atoms with Gasteiger partial charge in [-0.15, -0.1) is 0 Å². The summed E-state index contributed by atoms with van der Waals surface area (Å²) in [7, 11) is 0. The van der Waals surface area contributed by atoms with Crippen LogP contribution in [0.1, 0.15) is 54.9 Å². The minimum atomic E-state index is -0.534. The standard InChI is InChI=1S/C17H22O2/c1-10-6-11(2)15(12(3)7-10)16-13(18)8-17(4,5)9-14(16)19/h6-7,16H,8-9H2,1-5H3. The van der Waals surface area contributed by atoms with Gasteiger partial charge in [-0.25, -0.2) is 0 Å². The van der Waals surface area contributed by atoms with Crippen molar-refractivity contribution in [2.24, 2.45) is 5.41 Å². The van der Waals surface area contributed by atoms with Crippen molar-refractivity contribution < 1.29 is 9.59 Å². The molecule has 0 radical (unpaired) electrons. The molecule has 1 fully saturated rings. The Morgan fingerprint density at radius 2 is 1.37 bits per heavy atom. The molecular formula is C17H22O2. The Kier molecular flexibility index (Phi) is 3.38. The summed E-state index contributed by atoms with van der Waals surface area (Å²) in [6.45, 7) is 10.0. The first-order chi connectivity index (χ1) is 8.71. The fourth-order valence-corrected chi connectivity index (χ4v) is 3.36. The lowest BCUT2D eigenvalue weighted by Gasteiger charge is -2.33. The second-order valence-electron chi connectivity index (χ2n) is 6.70. The number of Topliss-reactive ketones (excluding diaryl/α,β-unsaturated/α-hetero) is 2. The predicted molar refractivity (Wildman–Crippen MR) is 76.4 cm³/mol. The highest BCUT2D eigenvalue weighted by Gasteiger charge is 2.41. The Balaban J connectivity index is 2.48. The first-order valence-electron chi connectivity index (χ1n) is 6.84. The van der Waals surface area contributed by atoms with Crippen LogP contribution in [0.4, 0.5) is 0 Å². The molecule has 2 heteroatoms. The molecule has 0 atom stereocenters. The molecule has 1 aromatic carbocycles. The molecule has 1 saturated carbocycles. The second kappa shape index (κ2) is 4.59. The van der Waals surface area contributed by atoms with Crippen molar-refractivity contribution in [3.63, 3.8) is 0 Å². The van der Waals surface area contributed by atoms with Crippen molar-refractivity contribution in [2.45, 2.75) is 53.4 Å². The molecule has 0 bridgehead atoms. The molecule has 1 aliphatic rings. The monoisotopic (exact) mass is 258 g/mol. The lowest BCUT2D eigenvalue weighted by molar-refractivity contribution is -0.135. The maximum atomic E-state index is 12.4. The highest BCUT2D eigenvalue weighted by molar-refractivity contribution is 6.10. The quantitative estimate of drug-likeness (QED) is 0.720. The van der Waals surface area contributed by atoms with E-state index in [2.05, 4.69) is 12.1 Å². The number of carbonyl (C=O) groups is 2. The minimum absolute atomic E-state index is 0.0799. The van der Waals surface area contributed by atoms with Gasteiger partial charge in [-0.1, -0.05) is 31.5 Å². The number of hydrogen-bond acceptors (Lipinski definition) is 2. The summed E-state index contributed by atoms with van der Waals surface area (Å²) < 4.78 is 0. The van der Waals surface area contributed by atoms with Crippen molar-refractivity contribution in [2.75, 3.05) is 0 Å². The van der Waals surface area contributed by atoms with Crippen molar-refractivity contribution >= 4 is 11.6 Å². The van der Waals surface area contributed by atoms with Gasteiger partial charge in [-0.2, -0.15) is 0 Å². The topological polar surface area (TPSA) is 34.1 Å². The van der Waals surface area contributed by atoms with Gasteiger partial charge >= 0.3 is 0 Å². The van der Waals surface area contributed by atoms with Crippen molar-refractivity contribution in [3.8, 4) is 0 Å². The molecule has 19 heavy (non-hydrogen) atoms. The number of ketones is 2. The largest absolute Gasteiger partial charge is 0.299 e. The zero-order valence-corrected chi connectivity index (χ0v) is 12.5. The summed E-state index contributed by atoms with van der Waals surface area (Å²) in [4.78, 5) is 24.8. The Labute approximate surface area is 115 Å². The molecular weight excluding hydrogens is 236 g/mol. The molecule has 0 aliphatic heterocycles. The Bertz CT molecular complexity index is 509. The summed E-state index contributed by atoms with van der Waals surface area (Å²) in [5, 5.41) is 0. The number of rotatable bonds is 1. The summed E-state index contributed by atoms with van der Waals surface area (Å²) in [5.74, 6) is -0.374. The van der Waals surface area contributed by atoms with Gasteiger partial charge in [0.15, 0.2) is 0 Å². The summed E-state index contributed by atoms with van der Waals surface area (Å²) in [5.41, 5.74) is 4.05. The van der Waals surface area contributed by atoms with E-state index in [1.807, 2.05) is 34.6 Å². The normalized spacial score (nSPS) is 19.8. The average molecular weight is 258 g/mol. The third-order valence-corrected chi connectivity index (χ3v) is 3.98. The van der Waals surface area contributed by atoms with Gasteiger partial charge in [0.1, 0.15) is 17.5 Å². The highest BCUT2D eigenvalue weighted by atomic mass is 16.2. The van der Waals surface area contributed by atoms with E-state index in [0.29, 0.717) is 12.8 Å². The van der Waals surface area contributed by atoms with Crippen LogP contribution in [0.25, 0.3) is 0 Å². The third-order valence-electron chi connectivity index (χ3n) is 3.98. The summed E-state index contributed by atoms with van der Waals surface area (Å²) in [6.07, 6.45) is 0.992. The van der Waals surface area contributed by atoms with E-state index in [1.165, 1.54) is 5.56 Å². The smallest absolute Gasteiger partial charge is 0.148 e. The van der Waals surface area contributed by atoms with Gasteiger partial charge in [0, 0.05) is 12.8 Å². The number of hydrogen-bond donors (Lipinski definition) is 0. The molecule has 0 aromatic heterocycles. The third kappa shape index (κ3) is 2.63. The Hall–Kier alpha value is -1.44. The van der Waals surface area contributed by atoms with Crippen LogP contribution in [0.5, 0.6) is 0 Å². The van der Waals surface area contributed by atoms with Crippen molar-refractivity contribution in [1.29, 1.82) is 0 Å². The fourth-order valence-electron chi connectivity index (χ4n) is 3.36. The molecule has 0 heterocycles. The van der Waals surface area contributed by atoms with Gasteiger partial charge in [0.05, 0.1) is 0 Å². The first-order valence-corrected chi connectivity index (χ1v) is 6.84. The summed E-state index contributed by atoms with van der Waals surface area (Å²) >= 11 is 0. The van der Waals surface area contributed by atoms with Gasteiger partial charge < -0.3 is 0 Å². The molecule has 1 aliphatic carbocycles. The number of benzene rings is 1. The molecule has 2 nitrogen and oxygen atoms in total. The molecule has 0 amide bonds. The van der Waals surface area contributed by atoms with Gasteiger partial charge in [0.2, 0.25) is 0 Å². The van der Waals surface area contributed by atoms with E-state index in [0.717, 1.165) is 16.7 Å².